The van der Waals surface area contributed by atoms with Gasteiger partial charge in [0.1, 0.15) is 6.04 Å². The molecule has 1 saturated heterocycles. The monoisotopic (exact) mass is 228 g/mol. The van der Waals surface area contributed by atoms with Crippen LogP contribution in [0.4, 0.5) is 0 Å². The van der Waals surface area contributed by atoms with Gasteiger partial charge in [-0.3, -0.25) is 4.79 Å². The van der Waals surface area contributed by atoms with E-state index in [-0.39, 0.29) is 11.3 Å². The van der Waals surface area contributed by atoms with Gasteiger partial charge in [0.05, 0.1) is 6.61 Å². The number of amides is 1. The average Bonchev–Trinajstić information content (AvgIpc) is 2.28. The van der Waals surface area contributed by atoms with Crippen LogP contribution < -0.4 is 5.73 Å². The quantitative estimate of drug-likeness (QED) is 0.781. The zero-order chi connectivity index (χ0) is 12.2. The Hall–Kier alpha value is -0.610. The van der Waals surface area contributed by atoms with E-state index in [0.717, 1.165) is 25.9 Å². The molecule has 1 aliphatic heterocycles. The summed E-state index contributed by atoms with van der Waals surface area (Å²) in [6.07, 6.45) is 3.39. The van der Waals surface area contributed by atoms with Crippen molar-refractivity contribution < 1.29 is 9.53 Å². The number of rotatable bonds is 4. The molecule has 0 aromatic rings. The third-order valence-electron chi connectivity index (χ3n) is 3.61. The molecule has 16 heavy (non-hydrogen) atoms. The van der Waals surface area contributed by atoms with Crippen LogP contribution >= 0.6 is 0 Å². The van der Waals surface area contributed by atoms with E-state index in [0.29, 0.717) is 6.61 Å². The van der Waals surface area contributed by atoms with Gasteiger partial charge in [0, 0.05) is 20.2 Å². The predicted molar refractivity (Wildman–Crippen MR) is 64.1 cm³/mol. The van der Waals surface area contributed by atoms with E-state index in [4.69, 9.17) is 10.5 Å². The Morgan fingerprint density at radius 1 is 1.62 bits per heavy atom. The molecule has 94 valence electrons. The van der Waals surface area contributed by atoms with Gasteiger partial charge in [-0.15, -0.1) is 0 Å². The molecule has 1 rings (SSSR count). The molecule has 0 aromatic heterocycles. The maximum Gasteiger partial charge on any atom is 0.241 e. The molecule has 0 aromatic carbocycles. The minimum atomic E-state index is -0.510. The molecule has 0 saturated carbocycles. The van der Waals surface area contributed by atoms with Crippen molar-refractivity contribution in [2.24, 2.45) is 11.1 Å². The summed E-state index contributed by atoms with van der Waals surface area (Å²) in [7, 11) is 1.57. The number of hydrogen-bond donors (Lipinski definition) is 1. The summed E-state index contributed by atoms with van der Waals surface area (Å²) in [6.45, 7) is 6.40. The molecule has 2 unspecified atom stereocenters. The number of nitrogens with two attached hydrogens (primary N) is 1. The highest BCUT2D eigenvalue weighted by Gasteiger charge is 2.33. The van der Waals surface area contributed by atoms with E-state index in [1.54, 1.807) is 7.11 Å². The molecule has 4 heteroatoms. The lowest BCUT2D eigenvalue weighted by atomic mass is 9.79. The van der Waals surface area contributed by atoms with E-state index in [1.807, 2.05) is 4.90 Å². The van der Waals surface area contributed by atoms with Crippen molar-refractivity contribution in [1.82, 2.24) is 4.90 Å². The molecule has 1 amide bonds. The number of piperidine rings is 1. The Balaban J connectivity index is 2.56. The number of methoxy groups -OCH3 is 1. The van der Waals surface area contributed by atoms with Gasteiger partial charge in [-0.1, -0.05) is 13.8 Å². The van der Waals surface area contributed by atoms with Gasteiger partial charge >= 0.3 is 0 Å². The van der Waals surface area contributed by atoms with Crippen molar-refractivity contribution in [3.05, 3.63) is 0 Å². The lowest BCUT2D eigenvalue weighted by Gasteiger charge is -2.40. The number of carbonyl (C=O) groups is 1. The normalized spacial score (nSPS) is 27.9. The van der Waals surface area contributed by atoms with Crippen LogP contribution in [0.3, 0.4) is 0 Å². The second-order valence-electron chi connectivity index (χ2n) is 5.09. The summed E-state index contributed by atoms with van der Waals surface area (Å²) >= 11 is 0. The van der Waals surface area contributed by atoms with E-state index in [2.05, 4.69) is 13.8 Å². The molecule has 0 spiro atoms. The topological polar surface area (TPSA) is 55.6 Å². The molecule has 1 fully saturated rings. The number of nitrogens with zero attached hydrogens (tertiary/aromatic N) is 1. The van der Waals surface area contributed by atoms with Crippen molar-refractivity contribution in [1.29, 1.82) is 0 Å². The fraction of sp³-hybridized carbons (Fsp3) is 0.917. The van der Waals surface area contributed by atoms with E-state index in [1.165, 1.54) is 6.42 Å². The first-order valence-electron chi connectivity index (χ1n) is 6.06. The molecular weight excluding hydrogens is 204 g/mol. The molecule has 2 atom stereocenters. The lowest BCUT2D eigenvalue weighted by Crippen LogP contribution is -2.51. The molecule has 4 nitrogen and oxygen atoms in total. The highest BCUT2D eigenvalue weighted by molar-refractivity contribution is 5.81. The fourth-order valence-corrected chi connectivity index (χ4v) is 2.28. The highest BCUT2D eigenvalue weighted by atomic mass is 16.5. The third-order valence-corrected chi connectivity index (χ3v) is 3.61. The maximum atomic E-state index is 12.0. The Labute approximate surface area is 98.1 Å². The number of carbonyl (C=O) groups excluding carboxylic acids is 1. The van der Waals surface area contributed by atoms with Gasteiger partial charge < -0.3 is 15.4 Å². The Bertz CT molecular complexity index is 245. The average molecular weight is 228 g/mol. The van der Waals surface area contributed by atoms with Crippen molar-refractivity contribution in [3.63, 3.8) is 0 Å². The van der Waals surface area contributed by atoms with Gasteiger partial charge in [0.25, 0.3) is 0 Å². The van der Waals surface area contributed by atoms with Gasteiger partial charge in [-0.2, -0.15) is 0 Å². The van der Waals surface area contributed by atoms with Crippen molar-refractivity contribution >= 4 is 5.91 Å². The summed E-state index contributed by atoms with van der Waals surface area (Å²) in [5.74, 6) is 0.0289. The Kier molecular flexibility index (Phi) is 4.74. The largest absolute Gasteiger partial charge is 0.383 e. The van der Waals surface area contributed by atoms with Crippen LogP contribution in [-0.4, -0.2) is 43.7 Å². The van der Waals surface area contributed by atoms with Crippen LogP contribution in [-0.2, 0) is 9.53 Å². The van der Waals surface area contributed by atoms with Crippen LogP contribution in [0.5, 0.6) is 0 Å². The van der Waals surface area contributed by atoms with E-state index < -0.39 is 6.04 Å². The van der Waals surface area contributed by atoms with Gasteiger partial charge in [0.2, 0.25) is 5.91 Å². The summed E-state index contributed by atoms with van der Waals surface area (Å²) in [5, 5.41) is 0. The fourth-order valence-electron chi connectivity index (χ4n) is 2.28. The number of ether oxygens (including phenoxy) is 1. The predicted octanol–water partition coefficient (Wildman–Crippen LogP) is 0.999. The van der Waals surface area contributed by atoms with Crippen molar-refractivity contribution in [3.8, 4) is 0 Å². The number of likely N-dealkylation sites (tertiary alicyclic amines) is 1. The second-order valence-corrected chi connectivity index (χ2v) is 5.09. The number of hydrogen-bond acceptors (Lipinski definition) is 3. The smallest absolute Gasteiger partial charge is 0.241 e. The standard InChI is InChI=1S/C12H24N2O2/c1-4-12(2)6-5-7-14(9-12)11(15)10(13)8-16-3/h10H,4-9,13H2,1-3H3. The first kappa shape index (κ1) is 13.5. The summed E-state index contributed by atoms with van der Waals surface area (Å²) < 4.78 is 4.92. The van der Waals surface area contributed by atoms with Crippen LogP contribution in [0.25, 0.3) is 0 Å². The zero-order valence-corrected chi connectivity index (χ0v) is 10.7. The Morgan fingerprint density at radius 3 is 2.88 bits per heavy atom. The molecule has 1 aliphatic rings. The van der Waals surface area contributed by atoms with E-state index >= 15 is 0 Å². The minimum Gasteiger partial charge on any atom is -0.383 e. The van der Waals surface area contributed by atoms with Crippen LogP contribution in [0.2, 0.25) is 0 Å². The third kappa shape index (κ3) is 3.19. The summed E-state index contributed by atoms with van der Waals surface area (Å²) in [5.41, 5.74) is 6.04. The first-order chi connectivity index (χ1) is 7.52. The highest BCUT2D eigenvalue weighted by Crippen LogP contribution is 2.32. The van der Waals surface area contributed by atoms with Gasteiger partial charge in [0.15, 0.2) is 0 Å². The maximum absolute atomic E-state index is 12.0. The van der Waals surface area contributed by atoms with Gasteiger partial charge in [-0.25, -0.2) is 0 Å². The summed E-state index contributed by atoms with van der Waals surface area (Å²) in [6, 6.07) is -0.510. The minimum absolute atomic E-state index is 0.0289. The second kappa shape index (κ2) is 5.64. The molecular formula is C12H24N2O2. The van der Waals surface area contributed by atoms with Crippen molar-refractivity contribution in [2.45, 2.75) is 39.2 Å². The van der Waals surface area contributed by atoms with E-state index in [9.17, 15) is 4.79 Å². The lowest BCUT2D eigenvalue weighted by molar-refractivity contribution is -0.137. The molecule has 0 aliphatic carbocycles. The molecule has 0 bridgehead atoms. The summed E-state index contributed by atoms with van der Waals surface area (Å²) in [4.78, 5) is 13.9. The van der Waals surface area contributed by atoms with Crippen LogP contribution in [0.1, 0.15) is 33.1 Å². The molecule has 0 radical (unpaired) electrons. The van der Waals surface area contributed by atoms with Crippen LogP contribution in [0.15, 0.2) is 0 Å². The van der Waals surface area contributed by atoms with Crippen molar-refractivity contribution in [2.75, 3.05) is 26.8 Å². The van der Waals surface area contributed by atoms with Gasteiger partial charge in [-0.05, 0) is 24.7 Å². The zero-order valence-electron chi connectivity index (χ0n) is 10.7. The van der Waals surface area contributed by atoms with Crippen LogP contribution in [0, 0.1) is 5.41 Å². The SMILES string of the molecule is CCC1(C)CCCN(C(=O)C(N)COC)C1. The first-order valence-corrected chi connectivity index (χ1v) is 6.06. The molecule has 2 N–H and O–H groups in total. The Morgan fingerprint density at radius 2 is 2.31 bits per heavy atom. The molecule has 1 heterocycles.